The van der Waals surface area contributed by atoms with Crippen molar-refractivity contribution >= 4 is 27.3 Å². The molecule has 1 N–H and O–H groups in total. The van der Waals surface area contributed by atoms with Crippen molar-refractivity contribution in [2.75, 3.05) is 0 Å². The van der Waals surface area contributed by atoms with Crippen molar-refractivity contribution in [3.8, 4) is 0 Å². The highest BCUT2D eigenvalue weighted by atomic mass is 79.9. The highest BCUT2D eigenvalue weighted by molar-refractivity contribution is 9.11. The molecule has 2 rings (SSSR count). The monoisotopic (exact) mass is 318 g/mol. The maximum absolute atomic E-state index is 13.4. The first-order valence-corrected chi connectivity index (χ1v) is 6.55. The van der Waals surface area contributed by atoms with Gasteiger partial charge in [0.15, 0.2) is 0 Å². The predicted octanol–water partition coefficient (Wildman–Crippen LogP) is 4.06. The lowest BCUT2D eigenvalue weighted by molar-refractivity contribution is 0.179. The zero-order chi connectivity index (χ0) is 12.4. The maximum Gasteiger partial charge on any atom is 0.129 e. The average Bonchev–Trinajstić information content (AvgIpc) is 2.70. The summed E-state index contributed by atoms with van der Waals surface area (Å²) in [5, 5.41) is 9.89. The number of benzene rings is 1. The van der Waals surface area contributed by atoms with Crippen molar-refractivity contribution in [3.63, 3.8) is 0 Å². The first-order valence-electron chi connectivity index (χ1n) is 4.94. The molecule has 1 aromatic carbocycles. The van der Waals surface area contributed by atoms with Crippen molar-refractivity contribution < 1.29 is 13.9 Å². The van der Waals surface area contributed by atoms with Gasteiger partial charge in [-0.1, -0.05) is 6.07 Å². The molecule has 0 spiro atoms. The van der Waals surface area contributed by atoms with Crippen LogP contribution in [0.25, 0.3) is 0 Å². The summed E-state index contributed by atoms with van der Waals surface area (Å²) in [6.07, 6.45) is -0.955. The van der Waals surface area contributed by atoms with E-state index in [9.17, 15) is 13.9 Å². The third-order valence-electron chi connectivity index (χ3n) is 2.38. The van der Waals surface area contributed by atoms with Gasteiger partial charge in [0.05, 0.1) is 9.89 Å². The molecule has 0 aliphatic heterocycles. The van der Waals surface area contributed by atoms with Crippen LogP contribution in [0.1, 0.15) is 16.5 Å². The normalized spacial score (nSPS) is 12.7. The van der Waals surface area contributed by atoms with E-state index in [4.69, 9.17) is 0 Å². The molecule has 5 heteroatoms. The van der Waals surface area contributed by atoms with Gasteiger partial charge in [0, 0.05) is 16.9 Å². The van der Waals surface area contributed by atoms with Gasteiger partial charge in [-0.15, -0.1) is 11.3 Å². The maximum atomic E-state index is 13.4. The average molecular weight is 319 g/mol. The molecule has 0 aliphatic rings. The quantitative estimate of drug-likeness (QED) is 0.904. The number of thiophene rings is 1. The number of hydrogen-bond acceptors (Lipinski definition) is 2. The number of halogens is 3. The first kappa shape index (κ1) is 12.7. The summed E-state index contributed by atoms with van der Waals surface area (Å²) in [7, 11) is 0. The zero-order valence-corrected chi connectivity index (χ0v) is 11.1. The lowest BCUT2D eigenvalue weighted by Crippen LogP contribution is -2.04. The van der Waals surface area contributed by atoms with E-state index in [0.29, 0.717) is 4.88 Å². The van der Waals surface area contributed by atoms with Gasteiger partial charge in [0.2, 0.25) is 0 Å². The third-order valence-corrected chi connectivity index (χ3v) is 4.11. The van der Waals surface area contributed by atoms with Crippen LogP contribution in [-0.4, -0.2) is 5.11 Å². The summed E-state index contributed by atoms with van der Waals surface area (Å²) in [5.74, 6) is -1.25. The van der Waals surface area contributed by atoms with Crippen molar-refractivity contribution in [1.82, 2.24) is 0 Å². The van der Waals surface area contributed by atoms with E-state index in [-0.39, 0.29) is 12.0 Å². The number of aliphatic hydroxyl groups is 1. The molecule has 1 atom stereocenters. The van der Waals surface area contributed by atoms with Gasteiger partial charge in [0.1, 0.15) is 11.6 Å². The van der Waals surface area contributed by atoms with E-state index in [1.165, 1.54) is 29.5 Å². The molecule has 0 radical (unpaired) electrons. The fourth-order valence-corrected chi connectivity index (χ4v) is 2.94. The fraction of sp³-hybridized carbons (Fsp3) is 0.167. The van der Waals surface area contributed by atoms with E-state index in [1.54, 1.807) is 12.1 Å². The van der Waals surface area contributed by atoms with Gasteiger partial charge in [-0.3, -0.25) is 0 Å². The Morgan fingerprint density at radius 1 is 1.18 bits per heavy atom. The second-order valence-corrected chi connectivity index (χ2v) is 6.06. The summed E-state index contributed by atoms with van der Waals surface area (Å²) < 4.78 is 27.6. The molecule has 17 heavy (non-hydrogen) atoms. The van der Waals surface area contributed by atoms with Gasteiger partial charge in [-0.2, -0.15) is 0 Å². The molecule has 0 amide bonds. The van der Waals surface area contributed by atoms with Crippen LogP contribution in [-0.2, 0) is 6.42 Å². The highest BCUT2D eigenvalue weighted by Gasteiger charge is 2.16. The fourth-order valence-electron chi connectivity index (χ4n) is 1.53. The van der Waals surface area contributed by atoms with Crippen LogP contribution >= 0.6 is 27.3 Å². The molecule has 1 nitrogen and oxygen atoms in total. The standard InChI is InChI=1S/C12H9BrF2OS/c13-12-5-4-11(17-12)10(16)6-7-8(14)2-1-3-9(7)15/h1-5,10,16H,6H2. The molecular weight excluding hydrogens is 310 g/mol. The minimum Gasteiger partial charge on any atom is -0.387 e. The van der Waals surface area contributed by atoms with E-state index in [1.807, 2.05) is 0 Å². The molecule has 0 fully saturated rings. The third kappa shape index (κ3) is 2.91. The van der Waals surface area contributed by atoms with Gasteiger partial charge < -0.3 is 5.11 Å². The van der Waals surface area contributed by atoms with Crippen LogP contribution < -0.4 is 0 Å². The van der Waals surface area contributed by atoms with Gasteiger partial charge in [-0.05, 0) is 40.2 Å². The second kappa shape index (κ2) is 5.25. The Hall–Kier alpha value is -0.780. The van der Waals surface area contributed by atoms with Gasteiger partial charge in [-0.25, -0.2) is 8.78 Å². The Morgan fingerprint density at radius 3 is 2.35 bits per heavy atom. The molecule has 90 valence electrons. The topological polar surface area (TPSA) is 20.2 Å². The van der Waals surface area contributed by atoms with Crippen LogP contribution in [0.4, 0.5) is 8.78 Å². The van der Waals surface area contributed by atoms with E-state index in [0.717, 1.165) is 3.79 Å². The summed E-state index contributed by atoms with van der Waals surface area (Å²) in [6, 6.07) is 7.21. The van der Waals surface area contributed by atoms with E-state index in [2.05, 4.69) is 15.9 Å². The van der Waals surface area contributed by atoms with Crippen LogP contribution in [0.3, 0.4) is 0 Å². The number of rotatable bonds is 3. The summed E-state index contributed by atoms with van der Waals surface area (Å²) in [5.41, 5.74) is -0.0791. The van der Waals surface area contributed by atoms with E-state index >= 15 is 0 Å². The SMILES string of the molecule is OC(Cc1c(F)cccc1F)c1ccc(Br)s1. The van der Waals surface area contributed by atoms with Crippen molar-refractivity contribution in [2.24, 2.45) is 0 Å². The van der Waals surface area contributed by atoms with Gasteiger partial charge >= 0.3 is 0 Å². The second-order valence-electron chi connectivity index (χ2n) is 3.56. The number of hydrogen-bond donors (Lipinski definition) is 1. The number of aliphatic hydroxyl groups excluding tert-OH is 1. The van der Waals surface area contributed by atoms with Gasteiger partial charge in [0.25, 0.3) is 0 Å². The molecule has 0 saturated carbocycles. The van der Waals surface area contributed by atoms with Crippen LogP contribution in [0.15, 0.2) is 34.1 Å². The Balaban J connectivity index is 2.21. The summed E-state index contributed by atoms with van der Waals surface area (Å²) in [4.78, 5) is 0.680. The van der Waals surface area contributed by atoms with E-state index < -0.39 is 17.7 Å². The summed E-state index contributed by atoms with van der Waals surface area (Å²) >= 11 is 4.62. The van der Waals surface area contributed by atoms with Crippen molar-refractivity contribution in [2.45, 2.75) is 12.5 Å². The van der Waals surface area contributed by atoms with Crippen LogP contribution in [0.2, 0.25) is 0 Å². The Kier molecular flexibility index (Phi) is 3.91. The van der Waals surface area contributed by atoms with Crippen LogP contribution in [0, 0.1) is 11.6 Å². The largest absolute Gasteiger partial charge is 0.387 e. The Morgan fingerprint density at radius 2 is 1.82 bits per heavy atom. The summed E-state index contributed by atoms with van der Waals surface area (Å²) in [6.45, 7) is 0. The molecule has 0 aliphatic carbocycles. The molecule has 1 aromatic heterocycles. The van der Waals surface area contributed by atoms with Crippen molar-refractivity contribution in [3.05, 3.63) is 56.2 Å². The molecule has 0 saturated heterocycles. The predicted molar refractivity (Wildman–Crippen MR) is 67.0 cm³/mol. The lowest BCUT2D eigenvalue weighted by atomic mass is 10.1. The smallest absolute Gasteiger partial charge is 0.129 e. The Labute approximate surface area is 110 Å². The molecule has 2 aromatic rings. The minimum absolute atomic E-state index is 0.0640. The van der Waals surface area contributed by atoms with Crippen LogP contribution in [0.5, 0.6) is 0 Å². The van der Waals surface area contributed by atoms with Crippen molar-refractivity contribution in [1.29, 1.82) is 0 Å². The Bertz CT molecular complexity index is 507. The molecular formula is C12H9BrF2OS. The zero-order valence-electron chi connectivity index (χ0n) is 8.66. The lowest BCUT2D eigenvalue weighted by Gasteiger charge is -2.10. The minimum atomic E-state index is -0.891. The highest BCUT2D eigenvalue weighted by Crippen LogP contribution is 2.30. The molecule has 1 unspecified atom stereocenters. The first-order chi connectivity index (χ1) is 8.08. The molecule has 0 bridgehead atoms. The molecule has 1 heterocycles.